The van der Waals surface area contributed by atoms with Crippen LogP contribution in [0.3, 0.4) is 0 Å². The number of anilines is 1. The highest BCUT2D eigenvalue weighted by molar-refractivity contribution is 7.92. The summed E-state index contributed by atoms with van der Waals surface area (Å²) in [4.78, 5) is 29.5. The highest BCUT2D eigenvalue weighted by Crippen LogP contribution is 2.31. The molecule has 44 heavy (non-hydrogen) atoms. The molecule has 0 fully saturated rings. The summed E-state index contributed by atoms with van der Waals surface area (Å²) in [7, 11) is -4.25. The molecule has 1 N–H and O–H groups in total. The third-order valence-corrected chi connectivity index (χ3v) is 9.27. The van der Waals surface area contributed by atoms with Crippen LogP contribution in [-0.4, -0.2) is 43.8 Å². The predicted molar refractivity (Wildman–Crippen MR) is 171 cm³/mol. The van der Waals surface area contributed by atoms with Crippen LogP contribution in [0.15, 0.2) is 108 Å². The van der Waals surface area contributed by atoms with Crippen LogP contribution < -0.4 is 9.62 Å². The number of nitrogens with one attached hydrogen (secondary N) is 1. The number of benzene rings is 4. The first kappa shape index (κ1) is 32.7. The Morgan fingerprint density at radius 1 is 0.841 bits per heavy atom. The molecule has 0 aliphatic heterocycles. The summed E-state index contributed by atoms with van der Waals surface area (Å²) in [6.07, 6.45) is 0.175. The van der Waals surface area contributed by atoms with Gasteiger partial charge in [0, 0.05) is 24.0 Å². The van der Waals surface area contributed by atoms with Gasteiger partial charge in [-0.15, -0.1) is 0 Å². The van der Waals surface area contributed by atoms with Crippen LogP contribution in [0.4, 0.5) is 10.1 Å². The minimum absolute atomic E-state index is 0.00403. The molecule has 0 unspecified atom stereocenters. The van der Waals surface area contributed by atoms with Crippen LogP contribution >= 0.6 is 11.6 Å². The lowest BCUT2D eigenvalue weighted by atomic mass is 10.0. The van der Waals surface area contributed by atoms with Gasteiger partial charge in [-0.3, -0.25) is 13.9 Å². The van der Waals surface area contributed by atoms with Crippen molar-refractivity contribution in [2.75, 3.05) is 10.8 Å². The first-order valence-electron chi connectivity index (χ1n) is 14.2. The lowest BCUT2D eigenvalue weighted by Gasteiger charge is -2.34. The second-order valence-corrected chi connectivity index (χ2v) is 13.0. The zero-order chi connectivity index (χ0) is 31.9. The van der Waals surface area contributed by atoms with Crippen LogP contribution in [-0.2, 0) is 32.6 Å². The Balaban J connectivity index is 1.82. The van der Waals surface area contributed by atoms with Crippen LogP contribution in [0.5, 0.6) is 0 Å². The summed E-state index contributed by atoms with van der Waals surface area (Å²) in [5.74, 6) is -1.45. The third-order valence-electron chi connectivity index (χ3n) is 7.09. The van der Waals surface area contributed by atoms with Crippen LogP contribution in [0, 0.1) is 12.7 Å². The van der Waals surface area contributed by atoms with Crippen molar-refractivity contribution in [2.45, 2.75) is 50.7 Å². The number of carbonyl (C=O) groups excluding carboxylic acids is 2. The molecule has 4 aromatic rings. The summed E-state index contributed by atoms with van der Waals surface area (Å²) in [5, 5.41) is 3.25. The average molecular weight is 636 g/mol. The number of halogens is 2. The van der Waals surface area contributed by atoms with Crippen LogP contribution in [0.25, 0.3) is 0 Å². The van der Waals surface area contributed by atoms with Crippen molar-refractivity contribution < 1.29 is 22.4 Å². The van der Waals surface area contributed by atoms with Gasteiger partial charge in [-0.25, -0.2) is 12.8 Å². The zero-order valence-electron chi connectivity index (χ0n) is 24.8. The molecule has 4 rings (SSSR count). The van der Waals surface area contributed by atoms with E-state index in [1.54, 1.807) is 43.3 Å². The maximum absolute atomic E-state index is 14.4. The van der Waals surface area contributed by atoms with Gasteiger partial charge in [0.25, 0.3) is 10.0 Å². The largest absolute Gasteiger partial charge is 0.352 e. The maximum atomic E-state index is 14.4. The highest BCUT2D eigenvalue weighted by atomic mass is 35.5. The molecule has 10 heteroatoms. The molecule has 4 aromatic carbocycles. The number of sulfonamides is 1. The Bertz CT molecular complexity index is 1690. The van der Waals surface area contributed by atoms with E-state index in [-0.39, 0.29) is 29.6 Å². The topological polar surface area (TPSA) is 86.8 Å². The van der Waals surface area contributed by atoms with E-state index in [1.807, 2.05) is 44.2 Å². The molecule has 0 heterocycles. The van der Waals surface area contributed by atoms with Crippen molar-refractivity contribution >= 4 is 39.1 Å². The number of hydrogen-bond donors (Lipinski definition) is 1. The Labute approximate surface area is 263 Å². The van der Waals surface area contributed by atoms with Gasteiger partial charge >= 0.3 is 0 Å². The summed E-state index contributed by atoms with van der Waals surface area (Å²) in [6, 6.07) is 26.3. The van der Waals surface area contributed by atoms with Crippen LogP contribution in [0.2, 0.25) is 5.02 Å². The lowest BCUT2D eigenvalue weighted by Crippen LogP contribution is -2.54. The Morgan fingerprint density at radius 2 is 1.45 bits per heavy atom. The zero-order valence-corrected chi connectivity index (χ0v) is 26.4. The van der Waals surface area contributed by atoms with Gasteiger partial charge in [-0.2, -0.15) is 0 Å². The second-order valence-electron chi connectivity index (χ2n) is 10.7. The lowest BCUT2D eigenvalue weighted by molar-refractivity contribution is -0.140. The maximum Gasteiger partial charge on any atom is 0.264 e. The molecule has 0 aliphatic rings. The first-order valence-corrected chi connectivity index (χ1v) is 16.0. The number of hydrogen-bond acceptors (Lipinski definition) is 4. The fourth-order valence-electron chi connectivity index (χ4n) is 4.82. The van der Waals surface area contributed by atoms with Gasteiger partial charge in [0.2, 0.25) is 11.8 Å². The quantitative estimate of drug-likeness (QED) is 0.202. The molecular formula is C34H35ClFN3O4S. The van der Waals surface area contributed by atoms with E-state index in [1.165, 1.54) is 41.3 Å². The number of nitrogens with zero attached hydrogens (tertiary/aromatic N) is 2. The van der Waals surface area contributed by atoms with Gasteiger partial charge in [0.05, 0.1) is 10.6 Å². The molecule has 0 spiro atoms. The van der Waals surface area contributed by atoms with Crippen molar-refractivity contribution in [3.8, 4) is 0 Å². The fourth-order valence-corrected chi connectivity index (χ4v) is 6.48. The number of rotatable bonds is 12. The Hall–Kier alpha value is -4.21. The van der Waals surface area contributed by atoms with E-state index < -0.39 is 40.2 Å². The summed E-state index contributed by atoms with van der Waals surface area (Å²) < 4.78 is 43.0. The smallest absolute Gasteiger partial charge is 0.264 e. The molecule has 0 saturated heterocycles. The van der Waals surface area contributed by atoms with E-state index in [4.69, 9.17) is 11.6 Å². The van der Waals surface area contributed by atoms with Gasteiger partial charge in [0.15, 0.2) is 0 Å². The second kappa shape index (κ2) is 14.5. The van der Waals surface area contributed by atoms with E-state index >= 15 is 0 Å². The third kappa shape index (κ3) is 8.03. The standard InChI is InChI=1S/C34H35ClFN3O4S/c1-24(2)37-34(41)32(21-26-11-6-4-7-12-26)38(22-27-17-19-28(36)20-18-27)33(40)23-39(31-16-10-15-30(35)25(31)3)44(42,43)29-13-8-5-9-14-29/h4-20,24,32H,21-23H2,1-3H3,(H,37,41)/t32-/m1/s1. The molecule has 0 aromatic heterocycles. The molecule has 0 radical (unpaired) electrons. The van der Waals surface area contributed by atoms with Gasteiger partial charge in [-0.1, -0.05) is 78.3 Å². The first-order chi connectivity index (χ1) is 21.0. The highest BCUT2D eigenvalue weighted by Gasteiger charge is 2.35. The van der Waals surface area contributed by atoms with Crippen molar-refractivity contribution in [1.82, 2.24) is 10.2 Å². The number of carbonyl (C=O) groups is 2. The molecule has 0 bridgehead atoms. The van der Waals surface area contributed by atoms with E-state index in [0.717, 1.165) is 9.87 Å². The van der Waals surface area contributed by atoms with Crippen molar-refractivity contribution in [1.29, 1.82) is 0 Å². The molecular weight excluding hydrogens is 601 g/mol. The van der Waals surface area contributed by atoms with E-state index in [9.17, 15) is 22.4 Å². The minimum Gasteiger partial charge on any atom is -0.352 e. The van der Waals surface area contributed by atoms with Gasteiger partial charge < -0.3 is 10.2 Å². The van der Waals surface area contributed by atoms with Crippen molar-refractivity contribution in [3.05, 3.63) is 131 Å². The van der Waals surface area contributed by atoms with Gasteiger partial charge in [-0.05, 0) is 73.9 Å². The molecule has 0 aliphatic carbocycles. The molecule has 2 amide bonds. The van der Waals surface area contributed by atoms with E-state index in [0.29, 0.717) is 16.1 Å². The summed E-state index contributed by atoms with van der Waals surface area (Å²) in [6.45, 7) is 4.65. The number of amides is 2. The van der Waals surface area contributed by atoms with Crippen LogP contribution in [0.1, 0.15) is 30.5 Å². The minimum atomic E-state index is -4.25. The van der Waals surface area contributed by atoms with Crippen molar-refractivity contribution in [2.24, 2.45) is 0 Å². The fraction of sp³-hybridized carbons (Fsp3) is 0.235. The SMILES string of the molecule is Cc1c(Cl)cccc1N(CC(=O)N(Cc1ccc(F)cc1)[C@H](Cc1ccccc1)C(=O)NC(C)C)S(=O)(=O)c1ccccc1. The van der Waals surface area contributed by atoms with Gasteiger partial charge in [0.1, 0.15) is 18.4 Å². The summed E-state index contributed by atoms with van der Waals surface area (Å²) in [5.41, 5.74) is 2.10. The molecule has 230 valence electrons. The monoisotopic (exact) mass is 635 g/mol. The molecule has 7 nitrogen and oxygen atoms in total. The van der Waals surface area contributed by atoms with Crippen molar-refractivity contribution in [3.63, 3.8) is 0 Å². The Morgan fingerprint density at radius 3 is 2.07 bits per heavy atom. The molecule has 1 atom stereocenters. The predicted octanol–water partition coefficient (Wildman–Crippen LogP) is 6.15. The average Bonchev–Trinajstić information content (AvgIpc) is 3.00. The Kier molecular flexibility index (Phi) is 10.8. The normalized spacial score (nSPS) is 12.0. The summed E-state index contributed by atoms with van der Waals surface area (Å²) >= 11 is 6.40. The molecule has 0 saturated carbocycles. The van der Waals surface area contributed by atoms with E-state index in [2.05, 4.69) is 5.32 Å².